The fraction of sp³-hybridized carbons (Fsp3) is 0.882. The Kier molecular flexibility index (Phi) is 12.2. The SMILES string of the molecule is CN=C(NCCCNC(=O)OC(C)(C)C)NCC1CN(C)CCN1C.I. The van der Waals surface area contributed by atoms with Crippen molar-refractivity contribution in [2.24, 2.45) is 4.99 Å². The molecule has 8 nitrogen and oxygen atoms in total. The predicted octanol–water partition coefficient (Wildman–Crippen LogP) is 0.930. The molecular formula is C17H37IN6O2. The molecule has 1 heterocycles. The van der Waals surface area contributed by atoms with Crippen LogP contribution in [0.2, 0.25) is 0 Å². The molecule has 1 atom stereocenters. The third-order valence-electron chi connectivity index (χ3n) is 4.02. The van der Waals surface area contributed by atoms with Gasteiger partial charge in [0.05, 0.1) is 0 Å². The van der Waals surface area contributed by atoms with Gasteiger partial charge in [0, 0.05) is 52.4 Å². The zero-order chi connectivity index (χ0) is 18.9. The Morgan fingerprint density at radius 2 is 1.81 bits per heavy atom. The summed E-state index contributed by atoms with van der Waals surface area (Å²) in [6, 6.07) is 0.478. The predicted molar refractivity (Wildman–Crippen MR) is 118 cm³/mol. The first kappa shape index (κ1) is 25.2. The highest BCUT2D eigenvalue weighted by Gasteiger charge is 2.22. The van der Waals surface area contributed by atoms with E-state index in [1.807, 2.05) is 20.8 Å². The van der Waals surface area contributed by atoms with Crippen molar-refractivity contribution < 1.29 is 9.53 Å². The molecule has 1 aliphatic heterocycles. The Morgan fingerprint density at radius 3 is 2.42 bits per heavy atom. The average Bonchev–Trinajstić information content (AvgIpc) is 2.51. The summed E-state index contributed by atoms with van der Waals surface area (Å²) in [4.78, 5) is 20.5. The fourth-order valence-corrected chi connectivity index (χ4v) is 2.56. The van der Waals surface area contributed by atoms with Crippen LogP contribution in [0.4, 0.5) is 4.79 Å². The van der Waals surface area contributed by atoms with E-state index in [9.17, 15) is 4.79 Å². The summed E-state index contributed by atoms with van der Waals surface area (Å²) in [7, 11) is 6.09. The molecule has 0 aromatic rings. The molecule has 0 radical (unpaired) electrons. The van der Waals surface area contributed by atoms with Crippen LogP contribution in [0.25, 0.3) is 0 Å². The van der Waals surface area contributed by atoms with E-state index in [0.717, 1.165) is 45.1 Å². The molecule has 0 aromatic carbocycles. The summed E-state index contributed by atoms with van der Waals surface area (Å²) in [5.74, 6) is 0.791. The van der Waals surface area contributed by atoms with Crippen LogP contribution in [-0.2, 0) is 4.74 Å². The van der Waals surface area contributed by atoms with Gasteiger partial charge in [0.2, 0.25) is 0 Å². The maximum absolute atomic E-state index is 11.5. The Balaban J connectivity index is 0.00000625. The number of guanidine groups is 1. The van der Waals surface area contributed by atoms with E-state index >= 15 is 0 Å². The number of amides is 1. The summed E-state index contributed by atoms with van der Waals surface area (Å²) < 4.78 is 5.20. The van der Waals surface area contributed by atoms with Crippen LogP contribution < -0.4 is 16.0 Å². The van der Waals surface area contributed by atoms with Crippen LogP contribution >= 0.6 is 24.0 Å². The molecule has 1 amide bonds. The van der Waals surface area contributed by atoms with E-state index in [0.29, 0.717) is 12.6 Å². The maximum Gasteiger partial charge on any atom is 0.407 e. The molecule has 0 saturated carbocycles. The van der Waals surface area contributed by atoms with E-state index in [2.05, 4.69) is 44.8 Å². The number of nitrogens with one attached hydrogen (secondary N) is 3. The minimum absolute atomic E-state index is 0. The van der Waals surface area contributed by atoms with Gasteiger partial charge < -0.3 is 25.6 Å². The van der Waals surface area contributed by atoms with Crippen molar-refractivity contribution in [3.05, 3.63) is 0 Å². The smallest absolute Gasteiger partial charge is 0.407 e. The lowest BCUT2D eigenvalue weighted by Gasteiger charge is -2.37. The van der Waals surface area contributed by atoms with Gasteiger partial charge in [-0.15, -0.1) is 24.0 Å². The monoisotopic (exact) mass is 484 g/mol. The number of alkyl carbamates (subject to hydrolysis) is 1. The Morgan fingerprint density at radius 1 is 1.15 bits per heavy atom. The van der Waals surface area contributed by atoms with E-state index in [1.54, 1.807) is 7.05 Å². The molecule has 1 unspecified atom stereocenters. The molecular weight excluding hydrogens is 447 g/mol. The minimum Gasteiger partial charge on any atom is -0.444 e. The molecule has 0 spiro atoms. The second kappa shape index (κ2) is 12.6. The van der Waals surface area contributed by atoms with Crippen LogP contribution in [0.5, 0.6) is 0 Å². The second-order valence-corrected chi connectivity index (χ2v) is 7.56. The van der Waals surface area contributed by atoms with Gasteiger partial charge in [-0.25, -0.2) is 4.79 Å². The maximum atomic E-state index is 11.5. The highest BCUT2D eigenvalue weighted by atomic mass is 127. The number of halogens is 1. The molecule has 154 valence electrons. The van der Waals surface area contributed by atoms with Crippen molar-refractivity contribution >= 4 is 36.0 Å². The summed E-state index contributed by atoms with van der Waals surface area (Å²) in [6.07, 6.45) is 0.422. The molecule has 26 heavy (non-hydrogen) atoms. The van der Waals surface area contributed by atoms with Gasteiger partial charge in [0.15, 0.2) is 5.96 Å². The molecule has 3 N–H and O–H groups in total. The van der Waals surface area contributed by atoms with Crippen molar-refractivity contribution in [3.8, 4) is 0 Å². The van der Waals surface area contributed by atoms with Crippen LogP contribution in [0.3, 0.4) is 0 Å². The van der Waals surface area contributed by atoms with Gasteiger partial charge in [-0.05, 0) is 41.3 Å². The first-order valence-corrected chi connectivity index (χ1v) is 9.01. The van der Waals surface area contributed by atoms with Crippen LogP contribution in [0.1, 0.15) is 27.2 Å². The highest BCUT2D eigenvalue weighted by molar-refractivity contribution is 14.0. The number of likely N-dealkylation sites (N-methyl/N-ethyl adjacent to an activating group) is 2. The Labute approximate surface area is 175 Å². The fourth-order valence-electron chi connectivity index (χ4n) is 2.56. The zero-order valence-electron chi connectivity index (χ0n) is 17.1. The number of piperazine rings is 1. The Bertz CT molecular complexity index is 441. The minimum atomic E-state index is -0.464. The third kappa shape index (κ3) is 11.0. The quantitative estimate of drug-likeness (QED) is 0.225. The summed E-state index contributed by atoms with van der Waals surface area (Å²) in [6.45, 7) is 11.0. The molecule has 1 rings (SSSR count). The van der Waals surface area contributed by atoms with Gasteiger partial charge in [-0.1, -0.05) is 0 Å². The number of carbonyl (C=O) groups excluding carboxylic acids is 1. The van der Waals surface area contributed by atoms with Gasteiger partial charge in [-0.3, -0.25) is 9.89 Å². The lowest BCUT2D eigenvalue weighted by atomic mass is 10.2. The third-order valence-corrected chi connectivity index (χ3v) is 4.02. The van der Waals surface area contributed by atoms with Crippen molar-refractivity contribution in [1.82, 2.24) is 25.8 Å². The number of aliphatic imine (C=N–C) groups is 1. The summed E-state index contributed by atoms with van der Waals surface area (Å²) in [5.41, 5.74) is -0.464. The van der Waals surface area contributed by atoms with Crippen molar-refractivity contribution in [2.75, 3.05) is 60.4 Å². The second-order valence-electron chi connectivity index (χ2n) is 7.56. The molecule has 1 fully saturated rings. The van der Waals surface area contributed by atoms with E-state index in [1.165, 1.54) is 0 Å². The highest BCUT2D eigenvalue weighted by Crippen LogP contribution is 2.06. The van der Waals surface area contributed by atoms with Crippen molar-refractivity contribution in [1.29, 1.82) is 0 Å². The summed E-state index contributed by atoms with van der Waals surface area (Å²) >= 11 is 0. The number of carbonyl (C=O) groups is 1. The van der Waals surface area contributed by atoms with Crippen LogP contribution in [-0.4, -0.2) is 93.9 Å². The molecule has 1 saturated heterocycles. The average molecular weight is 484 g/mol. The number of hydrogen-bond acceptors (Lipinski definition) is 5. The summed E-state index contributed by atoms with van der Waals surface area (Å²) in [5, 5.41) is 9.40. The number of hydrogen-bond donors (Lipinski definition) is 3. The molecule has 0 aliphatic carbocycles. The van der Waals surface area contributed by atoms with E-state index in [4.69, 9.17) is 4.74 Å². The molecule has 1 aliphatic rings. The van der Waals surface area contributed by atoms with E-state index in [-0.39, 0.29) is 30.1 Å². The normalized spacial score (nSPS) is 19.5. The van der Waals surface area contributed by atoms with Crippen LogP contribution in [0.15, 0.2) is 4.99 Å². The van der Waals surface area contributed by atoms with Gasteiger partial charge in [0.25, 0.3) is 0 Å². The van der Waals surface area contributed by atoms with Gasteiger partial charge in [-0.2, -0.15) is 0 Å². The van der Waals surface area contributed by atoms with Crippen LogP contribution in [0, 0.1) is 0 Å². The largest absolute Gasteiger partial charge is 0.444 e. The topological polar surface area (TPSA) is 81.2 Å². The van der Waals surface area contributed by atoms with Gasteiger partial charge >= 0.3 is 6.09 Å². The van der Waals surface area contributed by atoms with Gasteiger partial charge in [0.1, 0.15) is 5.60 Å². The molecule has 0 aromatic heterocycles. The molecule has 0 bridgehead atoms. The standard InChI is InChI=1S/C17H36N6O2.HI/c1-17(2,3)25-16(24)20-9-7-8-19-15(18-4)21-12-14-13-22(5)10-11-23(14)6;/h14H,7-13H2,1-6H3,(H,20,24)(H2,18,19,21);1H. The van der Waals surface area contributed by atoms with Crippen molar-refractivity contribution in [3.63, 3.8) is 0 Å². The number of ether oxygens (including phenoxy) is 1. The lowest BCUT2D eigenvalue weighted by Crippen LogP contribution is -2.55. The number of nitrogens with zero attached hydrogens (tertiary/aromatic N) is 3. The Hall–Kier alpha value is -0.810. The molecule has 9 heteroatoms. The number of rotatable bonds is 6. The van der Waals surface area contributed by atoms with Crippen molar-refractivity contribution in [2.45, 2.75) is 38.8 Å². The first-order valence-electron chi connectivity index (χ1n) is 9.01. The lowest BCUT2D eigenvalue weighted by molar-refractivity contribution is 0.0527. The van der Waals surface area contributed by atoms with E-state index < -0.39 is 5.60 Å². The first-order chi connectivity index (χ1) is 11.7. The zero-order valence-corrected chi connectivity index (χ0v) is 19.4.